The Hall–Kier alpha value is -1.42. The highest BCUT2D eigenvalue weighted by Gasteiger charge is 2.15. The lowest BCUT2D eigenvalue weighted by Crippen LogP contribution is -2.25. The number of amides is 1. The molecule has 0 radical (unpaired) electrons. The van der Waals surface area contributed by atoms with Gasteiger partial charge in [0.1, 0.15) is 0 Å². The molecule has 19 heavy (non-hydrogen) atoms. The van der Waals surface area contributed by atoms with E-state index in [2.05, 4.69) is 0 Å². The van der Waals surface area contributed by atoms with Crippen molar-refractivity contribution in [3.63, 3.8) is 0 Å². The molecule has 0 unspecified atom stereocenters. The first-order valence-corrected chi connectivity index (χ1v) is 6.92. The van der Waals surface area contributed by atoms with Gasteiger partial charge in [-0.3, -0.25) is 4.79 Å². The van der Waals surface area contributed by atoms with Crippen molar-refractivity contribution in [1.82, 2.24) is 4.90 Å². The third-order valence-corrected chi connectivity index (χ3v) is 3.32. The Balaban J connectivity index is 1.88. The summed E-state index contributed by atoms with van der Waals surface area (Å²) in [4.78, 5) is 13.6. The van der Waals surface area contributed by atoms with Crippen molar-refractivity contribution in [1.29, 1.82) is 0 Å². The molecule has 1 amide bonds. The van der Waals surface area contributed by atoms with Crippen molar-refractivity contribution in [3.8, 4) is 11.5 Å². The molecule has 1 aliphatic heterocycles. The van der Waals surface area contributed by atoms with Gasteiger partial charge in [0.05, 0.1) is 0 Å². The fourth-order valence-electron chi connectivity index (χ4n) is 1.96. The fraction of sp³-hybridized carbons (Fsp3) is 0.500. The third-order valence-electron chi connectivity index (χ3n) is 3.06. The molecule has 0 aliphatic carbocycles. The van der Waals surface area contributed by atoms with Crippen LogP contribution in [0.4, 0.5) is 0 Å². The van der Waals surface area contributed by atoms with E-state index < -0.39 is 0 Å². The topological polar surface area (TPSA) is 38.8 Å². The van der Waals surface area contributed by atoms with Crippen LogP contribution >= 0.6 is 11.6 Å². The van der Waals surface area contributed by atoms with Crippen LogP contribution < -0.4 is 9.47 Å². The number of hydrogen-bond acceptors (Lipinski definition) is 3. The molecule has 0 aromatic heterocycles. The molecule has 0 atom stereocenters. The van der Waals surface area contributed by atoms with Gasteiger partial charge in [-0.1, -0.05) is 6.07 Å². The van der Waals surface area contributed by atoms with E-state index in [0.717, 1.165) is 29.9 Å². The quantitative estimate of drug-likeness (QED) is 0.595. The van der Waals surface area contributed by atoms with Crippen molar-refractivity contribution in [2.45, 2.75) is 25.8 Å². The van der Waals surface area contributed by atoms with Crippen LogP contribution in [-0.2, 0) is 11.3 Å². The molecule has 1 aromatic rings. The Bertz CT molecular complexity index is 450. The van der Waals surface area contributed by atoms with E-state index in [4.69, 9.17) is 21.1 Å². The third kappa shape index (κ3) is 3.77. The van der Waals surface area contributed by atoms with E-state index in [1.165, 1.54) is 0 Å². The van der Waals surface area contributed by atoms with Gasteiger partial charge in [0.15, 0.2) is 11.5 Å². The van der Waals surface area contributed by atoms with Crippen LogP contribution in [0.3, 0.4) is 0 Å². The summed E-state index contributed by atoms with van der Waals surface area (Å²) in [6, 6.07) is 5.75. The highest BCUT2D eigenvalue weighted by Crippen LogP contribution is 2.32. The lowest BCUT2D eigenvalue weighted by Gasteiger charge is -2.17. The standard InChI is InChI=1S/C14H18ClNO3/c1-16(14(17)4-2-3-7-15)9-11-5-6-12-13(8-11)19-10-18-12/h5-6,8H,2-4,7,9-10H2,1H3. The number of nitrogens with zero attached hydrogens (tertiary/aromatic N) is 1. The van der Waals surface area contributed by atoms with Crippen molar-refractivity contribution in [2.24, 2.45) is 0 Å². The fourth-order valence-corrected chi connectivity index (χ4v) is 2.15. The number of carbonyl (C=O) groups excluding carboxylic acids is 1. The minimum atomic E-state index is 0.141. The number of alkyl halides is 1. The second-order valence-electron chi connectivity index (χ2n) is 4.58. The summed E-state index contributed by atoms with van der Waals surface area (Å²) < 4.78 is 10.6. The van der Waals surface area contributed by atoms with E-state index in [1.807, 2.05) is 25.2 Å². The molecular formula is C14H18ClNO3. The normalized spacial score (nSPS) is 12.5. The lowest BCUT2D eigenvalue weighted by atomic mass is 10.1. The monoisotopic (exact) mass is 283 g/mol. The lowest BCUT2D eigenvalue weighted by molar-refractivity contribution is -0.130. The van der Waals surface area contributed by atoms with Crippen molar-refractivity contribution >= 4 is 17.5 Å². The van der Waals surface area contributed by atoms with Gasteiger partial charge in [-0.05, 0) is 30.5 Å². The van der Waals surface area contributed by atoms with Gasteiger partial charge in [0.25, 0.3) is 0 Å². The number of unbranched alkanes of at least 4 members (excludes halogenated alkanes) is 1. The molecule has 104 valence electrons. The zero-order chi connectivity index (χ0) is 13.7. The van der Waals surface area contributed by atoms with Gasteiger partial charge in [0, 0.05) is 25.9 Å². The Labute approximate surface area is 118 Å². The summed E-state index contributed by atoms with van der Waals surface area (Å²) >= 11 is 5.60. The average Bonchev–Trinajstić information content (AvgIpc) is 2.86. The maximum absolute atomic E-state index is 11.9. The van der Waals surface area contributed by atoms with Crippen LogP contribution in [0, 0.1) is 0 Å². The minimum absolute atomic E-state index is 0.141. The van der Waals surface area contributed by atoms with Crippen LogP contribution in [0.15, 0.2) is 18.2 Å². The summed E-state index contributed by atoms with van der Waals surface area (Å²) in [5, 5.41) is 0. The number of ether oxygens (including phenoxy) is 2. The maximum atomic E-state index is 11.9. The van der Waals surface area contributed by atoms with Gasteiger partial charge in [-0.2, -0.15) is 0 Å². The summed E-state index contributed by atoms with van der Waals surface area (Å²) in [5.74, 6) is 2.27. The zero-order valence-electron chi connectivity index (χ0n) is 11.0. The first-order valence-electron chi connectivity index (χ1n) is 6.39. The van der Waals surface area contributed by atoms with Crippen LogP contribution in [0.1, 0.15) is 24.8 Å². The molecule has 1 aliphatic rings. The molecule has 0 saturated carbocycles. The molecular weight excluding hydrogens is 266 g/mol. The van der Waals surface area contributed by atoms with Gasteiger partial charge in [-0.15, -0.1) is 11.6 Å². The Kier molecular flexibility index (Phi) is 4.91. The molecule has 1 heterocycles. The Morgan fingerprint density at radius 3 is 2.89 bits per heavy atom. The predicted octanol–water partition coefficient (Wildman–Crippen LogP) is 2.78. The second-order valence-corrected chi connectivity index (χ2v) is 4.96. The number of fused-ring (bicyclic) bond motifs is 1. The van der Waals surface area contributed by atoms with Crippen molar-refractivity contribution in [2.75, 3.05) is 19.7 Å². The first kappa shape index (κ1) is 14.0. The highest BCUT2D eigenvalue weighted by molar-refractivity contribution is 6.17. The highest BCUT2D eigenvalue weighted by atomic mass is 35.5. The second kappa shape index (κ2) is 6.66. The Morgan fingerprint density at radius 1 is 1.32 bits per heavy atom. The van der Waals surface area contributed by atoms with Crippen molar-refractivity contribution < 1.29 is 14.3 Å². The summed E-state index contributed by atoms with van der Waals surface area (Å²) in [6.07, 6.45) is 2.27. The Morgan fingerprint density at radius 2 is 2.11 bits per heavy atom. The van der Waals surface area contributed by atoms with E-state index in [9.17, 15) is 4.79 Å². The van der Waals surface area contributed by atoms with Gasteiger partial charge in [-0.25, -0.2) is 0 Å². The predicted molar refractivity (Wildman–Crippen MR) is 73.6 cm³/mol. The zero-order valence-corrected chi connectivity index (χ0v) is 11.8. The number of carbonyl (C=O) groups is 1. The van der Waals surface area contributed by atoms with Crippen LogP contribution in [0.25, 0.3) is 0 Å². The molecule has 0 fully saturated rings. The SMILES string of the molecule is CN(Cc1ccc2c(c1)OCO2)C(=O)CCCCCl. The van der Waals surface area contributed by atoms with Crippen LogP contribution in [-0.4, -0.2) is 30.5 Å². The van der Waals surface area contributed by atoms with E-state index in [0.29, 0.717) is 18.8 Å². The first-order chi connectivity index (χ1) is 9.20. The van der Waals surface area contributed by atoms with Gasteiger partial charge < -0.3 is 14.4 Å². The van der Waals surface area contributed by atoms with Gasteiger partial charge in [0.2, 0.25) is 12.7 Å². The van der Waals surface area contributed by atoms with Crippen molar-refractivity contribution in [3.05, 3.63) is 23.8 Å². The largest absolute Gasteiger partial charge is 0.454 e. The molecule has 5 heteroatoms. The van der Waals surface area contributed by atoms with Gasteiger partial charge >= 0.3 is 0 Å². The van der Waals surface area contributed by atoms with E-state index >= 15 is 0 Å². The summed E-state index contributed by atoms with van der Waals surface area (Å²) in [5.41, 5.74) is 1.04. The smallest absolute Gasteiger partial charge is 0.231 e. The summed E-state index contributed by atoms with van der Waals surface area (Å²) in [6.45, 7) is 0.850. The molecule has 1 aromatic carbocycles. The number of benzene rings is 1. The van der Waals surface area contributed by atoms with E-state index in [-0.39, 0.29) is 12.7 Å². The molecule has 0 saturated heterocycles. The van der Waals surface area contributed by atoms with E-state index in [1.54, 1.807) is 4.90 Å². The minimum Gasteiger partial charge on any atom is -0.454 e. The summed E-state index contributed by atoms with van der Waals surface area (Å²) in [7, 11) is 1.81. The molecule has 2 rings (SSSR count). The molecule has 0 spiro atoms. The van der Waals surface area contributed by atoms with Crippen LogP contribution in [0.2, 0.25) is 0 Å². The molecule has 0 N–H and O–H groups in total. The van der Waals surface area contributed by atoms with Crippen LogP contribution in [0.5, 0.6) is 11.5 Å². The molecule has 0 bridgehead atoms. The number of halogens is 1. The number of hydrogen-bond donors (Lipinski definition) is 0. The molecule has 4 nitrogen and oxygen atoms in total. The average molecular weight is 284 g/mol. The number of rotatable bonds is 6. The maximum Gasteiger partial charge on any atom is 0.231 e.